The predicted molar refractivity (Wildman–Crippen MR) is 64.5 cm³/mol. The monoisotopic (exact) mass is 189 g/mol. The van der Waals surface area contributed by atoms with Gasteiger partial charge in [0.1, 0.15) is 0 Å². The largest absolute Gasteiger partial charge is 0.355 e. The fraction of sp³-hybridized carbons (Fsp3) is 0.385. The zero-order valence-electron chi connectivity index (χ0n) is 9.52. The first kappa shape index (κ1) is 10.8. The molecule has 1 aromatic rings. The van der Waals surface area contributed by atoms with Crippen molar-refractivity contribution in [1.82, 2.24) is 4.98 Å². The van der Waals surface area contributed by atoms with E-state index < -0.39 is 0 Å². The second-order valence-electron chi connectivity index (χ2n) is 3.26. The second kappa shape index (κ2) is 4.85. The summed E-state index contributed by atoms with van der Waals surface area (Å²) in [6, 6.07) is 0. The fourth-order valence-electron chi connectivity index (χ4n) is 1.76. The van der Waals surface area contributed by atoms with Gasteiger partial charge in [-0.25, -0.2) is 0 Å². The normalized spacial score (nSPS) is 17.1. The molecule has 0 saturated carbocycles. The number of aromatic nitrogens is 1. The third-order valence-corrected chi connectivity index (χ3v) is 2.41. The third-order valence-electron chi connectivity index (χ3n) is 2.41. The minimum Gasteiger partial charge on any atom is -0.355 e. The Morgan fingerprint density at radius 2 is 1.50 bits per heavy atom. The SMILES string of the molecule is C/C=c1/c(=C/CC)/c(=C\C)[nH]/c1=C/C. The smallest absolute Gasteiger partial charge is 0.0418 e. The maximum atomic E-state index is 3.41. The van der Waals surface area contributed by atoms with Gasteiger partial charge in [-0.2, -0.15) is 0 Å². The van der Waals surface area contributed by atoms with E-state index in [-0.39, 0.29) is 0 Å². The Balaban J connectivity index is 3.90. The van der Waals surface area contributed by atoms with Crippen molar-refractivity contribution < 1.29 is 0 Å². The van der Waals surface area contributed by atoms with Crippen LogP contribution in [0.25, 0.3) is 24.3 Å². The molecule has 1 heterocycles. The number of H-pyrrole nitrogens is 1. The molecule has 0 aromatic carbocycles. The molecule has 0 fully saturated rings. The van der Waals surface area contributed by atoms with Gasteiger partial charge >= 0.3 is 0 Å². The number of aromatic amines is 1. The number of nitrogens with one attached hydrogen (secondary N) is 1. The summed E-state index contributed by atoms with van der Waals surface area (Å²) >= 11 is 0. The Kier molecular flexibility index (Phi) is 3.75. The van der Waals surface area contributed by atoms with Crippen LogP contribution in [-0.4, -0.2) is 4.98 Å². The molecule has 0 aliphatic rings. The van der Waals surface area contributed by atoms with E-state index in [9.17, 15) is 0 Å². The summed E-state index contributed by atoms with van der Waals surface area (Å²) in [7, 11) is 0. The summed E-state index contributed by atoms with van der Waals surface area (Å²) in [5.41, 5.74) is 0. The maximum Gasteiger partial charge on any atom is 0.0418 e. The first-order valence-electron chi connectivity index (χ1n) is 5.25. The zero-order valence-corrected chi connectivity index (χ0v) is 9.52. The van der Waals surface area contributed by atoms with E-state index in [1.807, 2.05) is 0 Å². The molecule has 0 unspecified atom stereocenters. The zero-order chi connectivity index (χ0) is 10.6. The molecule has 1 N–H and O–H groups in total. The molecule has 0 saturated heterocycles. The molecule has 1 aromatic heterocycles. The summed E-state index contributed by atoms with van der Waals surface area (Å²) in [6.07, 6.45) is 9.76. The van der Waals surface area contributed by atoms with Gasteiger partial charge in [0, 0.05) is 21.1 Å². The van der Waals surface area contributed by atoms with Crippen molar-refractivity contribution in [2.24, 2.45) is 0 Å². The highest BCUT2D eigenvalue weighted by Gasteiger charge is 1.91. The number of hydrogen-bond acceptors (Lipinski definition) is 0. The van der Waals surface area contributed by atoms with Crippen molar-refractivity contribution in [1.29, 1.82) is 0 Å². The van der Waals surface area contributed by atoms with E-state index in [0.717, 1.165) is 6.42 Å². The third kappa shape index (κ3) is 1.82. The van der Waals surface area contributed by atoms with Gasteiger partial charge in [-0.1, -0.05) is 31.2 Å². The van der Waals surface area contributed by atoms with Crippen LogP contribution in [0.2, 0.25) is 0 Å². The minimum absolute atomic E-state index is 1.07. The topological polar surface area (TPSA) is 15.8 Å². The van der Waals surface area contributed by atoms with E-state index in [2.05, 4.69) is 57.0 Å². The molecule has 0 aliphatic heterocycles. The lowest BCUT2D eigenvalue weighted by Crippen LogP contribution is -2.37. The second-order valence-corrected chi connectivity index (χ2v) is 3.26. The molecule has 76 valence electrons. The van der Waals surface area contributed by atoms with Crippen LogP contribution in [0.15, 0.2) is 0 Å². The summed E-state index contributed by atoms with van der Waals surface area (Å²) in [6.45, 7) is 8.38. The average Bonchev–Trinajstić information content (AvgIpc) is 2.56. The first-order valence-corrected chi connectivity index (χ1v) is 5.25. The molecule has 1 heteroatoms. The van der Waals surface area contributed by atoms with Crippen LogP contribution in [0.1, 0.15) is 34.1 Å². The summed E-state index contributed by atoms with van der Waals surface area (Å²) in [5, 5.41) is 5.11. The van der Waals surface area contributed by atoms with E-state index in [1.54, 1.807) is 0 Å². The van der Waals surface area contributed by atoms with Crippen molar-refractivity contribution >= 4 is 24.3 Å². The van der Waals surface area contributed by atoms with E-state index in [0.29, 0.717) is 0 Å². The van der Waals surface area contributed by atoms with Crippen molar-refractivity contribution in [2.45, 2.75) is 34.1 Å². The molecule has 14 heavy (non-hydrogen) atoms. The summed E-state index contributed by atoms with van der Waals surface area (Å²) in [4.78, 5) is 3.41. The van der Waals surface area contributed by atoms with Crippen molar-refractivity contribution in [3.05, 3.63) is 21.1 Å². The molecule has 1 nitrogen and oxygen atoms in total. The Labute approximate surface area is 85.2 Å². The highest BCUT2D eigenvalue weighted by atomic mass is 14.7. The lowest BCUT2D eigenvalue weighted by molar-refractivity contribution is 1.24. The van der Waals surface area contributed by atoms with Gasteiger partial charge in [0.15, 0.2) is 0 Å². The van der Waals surface area contributed by atoms with Crippen LogP contribution in [-0.2, 0) is 0 Å². The quantitative estimate of drug-likeness (QED) is 0.666. The summed E-state index contributed by atoms with van der Waals surface area (Å²) < 4.78 is 0. The van der Waals surface area contributed by atoms with Crippen LogP contribution in [0.4, 0.5) is 0 Å². The fourth-order valence-corrected chi connectivity index (χ4v) is 1.76. The van der Waals surface area contributed by atoms with E-state index in [4.69, 9.17) is 0 Å². The number of hydrogen-bond donors (Lipinski definition) is 1. The van der Waals surface area contributed by atoms with Gasteiger partial charge in [-0.15, -0.1) is 0 Å². The van der Waals surface area contributed by atoms with Gasteiger partial charge in [0.25, 0.3) is 0 Å². The van der Waals surface area contributed by atoms with Crippen molar-refractivity contribution in [2.75, 3.05) is 0 Å². The number of rotatable bonds is 1. The van der Waals surface area contributed by atoms with Crippen LogP contribution >= 0.6 is 0 Å². The Bertz CT molecular complexity index is 515. The highest BCUT2D eigenvalue weighted by molar-refractivity contribution is 5.35. The van der Waals surface area contributed by atoms with E-state index >= 15 is 0 Å². The molecule has 0 spiro atoms. The predicted octanol–water partition coefficient (Wildman–Crippen LogP) is 0.606. The van der Waals surface area contributed by atoms with Gasteiger partial charge < -0.3 is 4.98 Å². The molecule has 1 rings (SSSR count). The van der Waals surface area contributed by atoms with Crippen LogP contribution in [0, 0.1) is 0 Å². The van der Waals surface area contributed by atoms with Gasteiger partial charge in [-0.3, -0.25) is 0 Å². The Hall–Kier alpha value is -1.24. The Morgan fingerprint density at radius 3 is 1.93 bits per heavy atom. The van der Waals surface area contributed by atoms with E-state index in [1.165, 1.54) is 21.1 Å². The molecular weight excluding hydrogens is 170 g/mol. The van der Waals surface area contributed by atoms with Gasteiger partial charge in [-0.05, 0) is 27.2 Å². The highest BCUT2D eigenvalue weighted by Crippen LogP contribution is 1.70. The minimum atomic E-state index is 1.07. The lowest BCUT2D eigenvalue weighted by atomic mass is 10.2. The van der Waals surface area contributed by atoms with Crippen LogP contribution < -0.4 is 21.1 Å². The molecule has 0 atom stereocenters. The maximum absolute atomic E-state index is 3.41. The van der Waals surface area contributed by atoms with Crippen LogP contribution in [0.5, 0.6) is 0 Å². The molecule has 0 aliphatic carbocycles. The van der Waals surface area contributed by atoms with Crippen molar-refractivity contribution in [3.63, 3.8) is 0 Å². The molecule has 0 radical (unpaired) electrons. The average molecular weight is 189 g/mol. The molecule has 0 amide bonds. The first-order chi connectivity index (χ1) is 6.78. The van der Waals surface area contributed by atoms with Crippen molar-refractivity contribution in [3.8, 4) is 0 Å². The van der Waals surface area contributed by atoms with Gasteiger partial charge in [0.05, 0.1) is 0 Å². The lowest BCUT2D eigenvalue weighted by Gasteiger charge is -1.80. The van der Waals surface area contributed by atoms with Gasteiger partial charge in [0.2, 0.25) is 0 Å². The van der Waals surface area contributed by atoms with Crippen LogP contribution in [0.3, 0.4) is 0 Å². The molecule has 0 bridgehead atoms. The Morgan fingerprint density at radius 1 is 0.929 bits per heavy atom. The summed E-state index contributed by atoms with van der Waals surface area (Å²) in [5.74, 6) is 0. The standard InChI is InChI=1S/C13H19N/c1-5-9-11-10(6-2)12(7-3)14-13(11)8-4/h6-9,14H,5H2,1-4H3/b10-6-,11-9-,12-7+,13-8+. The molecular formula is C13H19N.